The van der Waals surface area contributed by atoms with Gasteiger partial charge in [0.2, 0.25) is 0 Å². The van der Waals surface area contributed by atoms with Crippen LogP contribution in [0.15, 0.2) is 0 Å². The summed E-state index contributed by atoms with van der Waals surface area (Å²) in [6.07, 6.45) is -24.1. The minimum absolute atomic E-state index is 0.747. The van der Waals surface area contributed by atoms with Gasteiger partial charge in [-0.05, 0) is 6.92 Å². The molecule has 3 aliphatic heterocycles. The van der Waals surface area contributed by atoms with Crippen molar-refractivity contribution >= 4 is 0 Å². The number of aliphatic hydroxyl groups is 10. The number of rotatable bonds is 6. The quantitative estimate of drug-likeness (QED) is 0.167. The molecule has 15 nitrogen and oxygen atoms in total. The zero-order chi connectivity index (χ0) is 24.6. The lowest BCUT2D eigenvalue weighted by molar-refractivity contribution is -0.382. The average Bonchev–Trinajstić information content (AvgIpc) is 2.80. The third-order valence-corrected chi connectivity index (χ3v) is 6.05. The van der Waals surface area contributed by atoms with Crippen LogP contribution >= 0.6 is 0 Å². The van der Waals surface area contributed by atoms with Crippen molar-refractivity contribution in [2.45, 2.75) is 99.0 Å². The summed E-state index contributed by atoms with van der Waals surface area (Å²) in [5, 5.41) is 99.8. The van der Waals surface area contributed by atoms with Gasteiger partial charge < -0.3 is 74.7 Å². The molecule has 3 aliphatic rings. The van der Waals surface area contributed by atoms with E-state index in [1.54, 1.807) is 0 Å². The first-order chi connectivity index (χ1) is 15.5. The molecule has 3 heterocycles. The van der Waals surface area contributed by atoms with Gasteiger partial charge in [-0.1, -0.05) is 0 Å². The molecule has 15 heteroatoms. The second-order valence-corrected chi connectivity index (χ2v) is 8.32. The number of hydrogen-bond donors (Lipinski definition) is 10. The van der Waals surface area contributed by atoms with E-state index in [4.69, 9.17) is 23.7 Å². The Kier molecular flexibility index (Phi) is 8.99. The van der Waals surface area contributed by atoms with Crippen LogP contribution in [0.2, 0.25) is 0 Å². The van der Waals surface area contributed by atoms with Crippen molar-refractivity contribution in [2.24, 2.45) is 0 Å². The molecular weight excluding hydrogens is 456 g/mol. The number of ether oxygens (including phenoxy) is 5. The molecule has 33 heavy (non-hydrogen) atoms. The summed E-state index contributed by atoms with van der Waals surface area (Å²) < 4.78 is 26.9. The summed E-state index contributed by atoms with van der Waals surface area (Å²) in [6, 6.07) is 0. The molecule has 0 aromatic rings. The second-order valence-electron chi connectivity index (χ2n) is 8.32. The predicted molar refractivity (Wildman–Crippen MR) is 99.8 cm³/mol. The SMILES string of the molecule is C[C@@H]1O[C@H](O[C@@H]2[C@H](O[C@@H]3O[C@H](CO)[C@@H](O)[C@H](O)[C@H]3O)[C@@H](O)[C@@H](O)O[C@@H]2CO)[C@@H](O)[C@H](O)[C@@H]1O. The molecule has 0 aromatic heterocycles. The minimum Gasteiger partial charge on any atom is -0.394 e. The van der Waals surface area contributed by atoms with E-state index in [1.807, 2.05) is 0 Å². The van der Waals surface area contributed by atoms with Gasteiger partial charge in [-0.3, -0.25) is 0 Å². The maximum absolute atomic E-state index is 10.5. The highest BCUT2D eigenvalue weighted by Gasteiger charge is 2.53. The molecule has 194 valence electrons. The summed E-state index contributed by atoms with van der Waals surface area (Å²) in [5.41, 5.74) is 0. The van der Waals surface area contributed by atoms with Crippen LogP contribution in [0.5, 0.6) is 0 Å². The molecule has 0 spiro atoms. The van der Waals surface area contributed by atoms with Crippen LogP contribution in [0.1, 0.15) is 6.92 Å². The predicted octanol–water partition coefficient (Wildman–Crippen LogP) is -6.55. The second kappa shape index (κ2) is 11.0. The van der Waals surface area contributed by atoms with E-state index >= 15 is 0 Å². The molecule has 10 N–H and O–H groups in total. The van der Waals surface area contributed by atoms with Crippen molar-refractivity contribution in [3.63, 3.8) is 0 Å². The Hall–Kier alpha value is -0.600. The topological polar surface area (TPSA) is 248 Å². The van der Waals surface area contributed by atoms with E-state index in [-0.39, 0.29) is 0 Å². The minimum atomic E-state index is -1.89. The average molecular weight is 488 g/mol. The lowest BCUT2D eigenvalue weighted by atomic mass is 9.96. The van der Waals surface area contributed by atoms with Crippen LogP contribution < -0.4 is 0 Å². The maximum atomic E-state index is 10.5. The standard InChI is InChI=1S/C18H32O15/c1-4-7(21)9(23)11(25)17(29-4)32-14-6(3-20)30-16(28)13(27)15(14)33-18-12(26)10(24)8(22)5(2-19)31-18/h4-28H,2-3H2,1H3/t4-,5+,6+,7+,8+,9+,10-,11-,12+,13+,14-,15+,16-,17+,18-/m0/s1. The fraction of sp³-hybridized carbons (Fsp3) is 1.00. The molecule has 0 saturated carbocycles. The molecule has 15 atom stereocenters. The largest absolute Gasteiger partial charge is 0.394 e. The molecule has 0 bridgehead atoms. The van der Waals surface area contributed by atoms with Gasteiger partial charge >= 0.3 is 0 Å². The van der Waals surface area contributed by atoms with E-state index in [1.165, 1.54) is 6.92 Å². The monoisotopic (exact) mass is 488 g/mol. The molecule has 0 aromatic carbocycles. The molecule has 0 unspecified atom stereocenters. The lowest BCUT2D eigenvalue weighted by Gasteiger charge is -2.48. The lowest BCUT2D eigenvalue weighted by Crippen LogP contribution is -2.66. The summed E-state index contributed by atoms with van der Waals surface area (Å²) >= 11 is 0. The Bertz CT molecular complexity index is 624. The maximum Gasteiger partial charge on any atom is 0.187 e. The molecular formula is C18H32O15. The van der Waals surface area contributed by atoms with Gasteiger partial charge in [0.1, 0.15) is 67.1 Å². The summed E-state index contributed by atoms with van der Waals surface area (Å²) in [4.78, 5) is 0. The van der Waals surface area contributed by atoms with Crippen LogP contribution in [-0.4, -0.2) is 156 Å². The Balaban J connectivity index is 1.83. The zero-order valence-corrected chi connectivity index (χ0v) is 17.6. The molecule has 3 fully saturated rings. The third-order valence-electron chi connectivity index (χ3n) is 6.05. The van der Waals surface area contributed by atoms with Crippen molar-refractivity contribution in [1.82, 2.24) is 0 Å². The van der Waals surface area contributed by atoms with Gasteiger partial charge in [-0.2, -0.15) is 0 Å². The highest BCUT2D eigenvalue weighted by molar-refractivity contribution is 4.96. The van der Waals surface area contributed by atoms with Gasteiger partial charge in [0, 0.05) is 0 Å². The Labute approximate surface area is 187 Å². The number of aliphatic hydroxyl groups excluding tert-OH is 10. The van der Waals surface area contributed by atoms with Crippen molar-refractivity contribution < 1.29 is 74.7 Å². The van der Waals surface area contributed by atoms with Crippen molar-refractivity contribution in [1.29, 1.82) is 0 Å². The Morgan fingerprint density at radius 3 is 1.64 bits per heavy atom. The summed E-state index contributed by atoms with van der Waals surface area (Å²) in [7, 11) is 0. The van der Waals surface area contributed by atoms with E-state index in [0.29, 0.717) is 0 Å². The molecule has 0 amide bonds. The molecule has 0 aliphatic carbocycles. The van der Waals surface area contributed by atoms with Crippen molar-refractivity contribution in [2.75, 3.05) is 13.2 Å². The first-order valence-electron chi connectivity index (χ1n) is 10.4. The fourth-order valence-corrected chi connectivity index (χ4v) is 3.99. The molecule has 0 radical (unpaired) electrons. The van der Waals surface area contributed by atoms with Gasteiger partial charge in [-0.15, -0.1) is 0 Å². The Morgan fingerprint density at radius 2 is 1.06 bits per heavy atom. The van der Waals surface area contributed by atoms with Crippen LogP contribution in [0.25, 0.3) is 0 Å². The van der Waals surface area contributed by atoms with Gasteiger partial charge in [0.05, 0.1) is 19.3 Å². The van der Waals surface area contributed by atoms with Gasteiger partial charge in [0.25, 0.3) is 0 Å². The zero-order valence-electron chi connectivity index (χ0n) is 17.6. The summed E-state index contributed by atoms with van der Waals surface area (Å²) in [5.74, 6) is 0. The van der Waals surface area contributed by atoms with Crippen molar-refractivity contribution in [3.8, 4) is 0 Å². The first kappa shape index (κ1) is 27.0. The normalized spacial score (nSPS) is 53.7. The smallest absolute Gasteiger partial charge is 0.187 e. The van der Waals surface area contributed by atoms with E-state index in [9.17, 15) is 51.1 Å². The van der Waals surface area contributed by atoms with Crippen LogP contribution in [0.3, 0.4) is 0 Å². The van der Waals surface area contributed by atoms with Crippen molar-refractivity contribution in [3.05, 3.63) is 0 Å². The first-order valence-corrected chi connectivity index (χ1v) is 10.4. The van der Waals surface area contributed by atoms with E-state index in [2.05, 4.69) is 0 Å². The molecule has 3 saturated heterocycles. The highest BCUT2D eigenvalue weighted by atomic mass is 16.8. The number of hydrogen-bond acceptors (Lipinski definition) is 15. The fourth-order valence-electron chi connectivity index (χ4n) is 3.99. The van der Waals surface area contributed by atoms with E-state index in [0.717, 1.165) is 0 Å². The highest BCUT2D eigenvalue weighted by Crippen LogP contribution is 2.32. The van der Waals surface area contributed by atoms with Crippen LogP contribution in [0.4, 0.5) is 0 Å². The van der Waals surface area contributed by atoms with E-state index < -0.39 is 105 Å². The van der Waals surface area contributed by atoms with Crippen LogP contribution in [-0.2, 0) is 23.7 Å². The van der Waals surface area contributed by atoms with Gasteiger partial charge in [0.15, 0.2) is 18.9 Å². The third kappa shape index (κ3) is 5.32. The summed E-state index contributed by atoms with van der Waals surface area (Å²) in [6.45, 7) is -0.118. The van der Waals surface area contributed by atoms with Crippen LogP contribution in [0, 0.1) is 0 Å². The van der Waals surface area contributed by atoms with Gasteiger partial charge in [-0.25, -0.2) is 0 Å². The molecule has 3 rings (SSSR count). The Morgan fingerprint density at radius 1 is 0.545 bits per heavy atom.